The topological polar surface area (TPSA) is 23.6 Å². The van der Waals surface area contributed by atoms with Crippen molar-refractivity contribution < 1.29 is 31.1 Å². The minimum absolute atomic E-state index is 0.0348. The predicted molar refractivity (Wildman–Crippen MR) is 106 cm³/mol. The van der Waals surface area contributed by atoms with Gasteiger partial charge in [-0.15, -0.1) is 0 Å². The fourth-order valence-corrected chi connectivity index (χ4v) is 3.40. The summed E-state index contributed by atoms with van der Waals surface area (Å²) in [6.07, 6.45) is -6.34. The highest BCUT2D eigenvalue weighted by Gasteiger charge is 2.36. The smallest absolute Gasteiger partial charge is 0.367 e. The molecule has 2 aromatic rings. The molecule has 0 aliphatic carbocycles. The molecule has 1 amide bonds. The zero-order valence-electron chi connectivity index (χ0n) is 16.0. The summed E-state index contributed by atoms with van der Waals surface area (Å²) < 4.78 is 77.6. The number of carbonyl (C=O) groups excluding carboxylic acids is 1. The molecular formula is C21H17ClF6N2O. The lowest BCUT2D eigenvalue weighted by Gasteiger charge is -2.36. The third-order valence-corrected chi connectivity index (χ3v) is 5.09. The van der Waals surface area contributed by atoms with Gasteiger partial charge in [-0.3, -0.25) is 4.79 Å². The van der Waals surface area contributed by atoms with Crippen molar-refractivity contribution in [3.05, 3.63) is 70.3 Å². The highest BCUT2D eigenvalue weighted by atomic mass is 35.5. The van der Waals surface area contributed by atoms with Gasteiger partial charge in [0.15, 0.2) is 0 Å². The quantitative estimate of drug-likeness (QED) is 0.429. The Labute approximate surface area is 179 Å². The molecule has 3 nitrogen and oxygen atoms in total. The van der Waals surface area contributed by atoms with Crippen LogP contribution in [-0.4, -0.2) is 37.0 Å². The van der Waals surface area contributed by atoms with E-state index in [0.29, 0.717) is 5.56 Å². The number of nitrogens with zero attached hydrogens (tertiary/aromatic N) is 2. The molecule has 0 spiro atoms. The normalized spacial score (nSPS) is 15.6. The number of halogens is 7. The van der Waals surface area contributed by atoms with E-state index in [1.807, 2.05) is 0 Å². The standard InChI is InChI=1S/C21H17ClF6N2O/c22-16-6-7-17(21(26,27)28)18(13-16)29-9-11-30(12-10-29)19(31)8-3-14-1-4-15(5-2-14)20(23,24)25/h1-8,13H,9-12H2/b8-3-. The van der Waals surface area contributed by atoms with Gasteiger partial charge in [0.1, 0.15) is 0 Å². The summed E-state index contributed by atoms with van der Waals surface area (Å²) in [6, 6.07) is 7.72. The molecule has 1 saturated heterocycles. The van der Waals surface area contributed by atoms with Crippen LogP contribution in [0.25, 0.3) is 6.08 Å². The van der Waals surface area contributed by atoms with E-state index in [2.05, 4.69) is 0 Å². The molecule has 0 bridgehead atoms. The van der Waals surface area contributed by atoms with Crippen LogP contribution in [0.5, 0.6) is 0 Å². The predicted octanol–water partition coefficient (Wildman–Crippen LogP) is 5.74. The first kappa shape index (κ1) is 23.0. The number of alkyl halides is 6. The number of benzene rings is 2. The zero-order valence-corrected chi connectivity index (χ0v) is 16.7. The molecule has 1 heterocycles. The number of carbonyl (C=O) groups is 1. The fraction of sp³-hybridized carbons (Fsp3) is 0.286. The number of hydrogen-bond acceptors (Lipinski definition) is 2. The lowest BCUT2D eigenvalue weighted by molar-refractivity contribution is -0.138. The van der Waals surface area contributed by atoms with E-state index in [4.69, 9.17) is 11.6 Å². The van der Waals surface area contributed by atoms with Crippen LogP contribution in [0.3, 0.4) is 0 Å². The second-order valence-electron chi connectivity index (χ2n) is 6.92. The largest absolute Gasteiger partial charge is 0.418 e. The van der Waals surface area contributed by atoms with Gasteiger partial charge in [-0.05, 0) is 42.0 Å². The Bertz CT molecular complexity index is 961. The molecule has 3 rings (SSSR count). The summed E-state index contributed by atoms with van der Waals surface area (Å²) in [5.41, 5.74) is -1.19. The summed E-state index contributed by atoms with van der Waals surface area (Å²) in [5, 5.41) is 0.181. The Morgan fingerprint density at radius 1 is 0.871 bits per heavy atom. The Morgan fingerprint density at radius 2 is 1.48 bits per heavy atom. The Morgan fingerprint density at radius 3 is 2.03 bits per heavy atom. The minimum Gasteiger partial charge on any atom is -0.367 e. The van der Waals surface area contributed by atoms with Gasteiger partial charge in [0.25, 0.3) is 0 Å². The third-order valence-electron chi connectivity index (χ3n) is 4.85. The van der Waals surface area contributed by atoms with Gasteiger partial charge in [0.2, 0.25) is 5.91 Å². The minimum atomic E-state index is -4.53. The van der Waals surface area contributed by atoms with Crippen molar-refractivity contribution in [2.75, 3.05) is 31.1 Å². The maximum absolute atomic E-state index is 13.3. The van der Waals surface area contributed by atoms with E-state index in [0.717, 1.165) is 18.2 Å². The third kappa shape index (κ3) is 5.72. The number of rotatable bonds is 3. The Kier molecular flexibility index (Phi) is 6.54. The van der Waals surface area contributed by atoms with Gasteiger partial charge >= 0.3 is 12.4 Å². The van der Waals surface area contributed by atoms with Gasteiger partial charge in [0.05, 0.1) is 16.8 Å². The number of piperazine rings is 1. The number of anilines is 1. The molecule has 0 unspecified atom stereocenters. The Hall–Kier alpha value is -2.68. The summed E-state index contributed by atoms with van der Waals surface area (Å²) in [5.74, 6) is -0.373. The maximum atomic E-state index is 13.3. The second-order valence-corrected chi connectivity index (χ2v) is 7.36. The van der Waals surface area contributed by atoms with E-state index < -0.39 is 23.5 Å². The molecule has 31 heavy (non-hydrogen) atoms. The summed E-state index contributed by atoms with van der Waals surface area (Å²) in [4.78, 5) is 15.4. The van der Waals surface area contributed by atoms with Crippen molar-refractivity contribution >= 4 is 29.3 Å². The van der Waals surface area contributed by atoms with Crippen LogP contribution in [0.2, 0.25) is 5.02 Å². The van der Waals surface area contributed by atoms with Crippen LogP contribution in [0.4, 0.5) is 32.0 Å². The molecule has 2 aromatic carbocycles. The molecule has 0 radical (unpaired) electrons. The summed E-state index contributed by atoms with van der Waals surface area (Å²) in [7, 11) is 0. The SMILES string of the molecule is O=C(/C=C\c1ccc(C(F)(F)F)cc1)N1CCN(c2cc(Cl)ccc2C(F)(F)F)CC1. The van der Waals surface area contributed by atoms with E-state index in [1.54, 1.807) is 0 Å². The first-order valence-corrected chi connectivity index (χ1v) is 9.59. The monoisotopic (exact) mass is 462 g/mol. The molecule has 166 valence electrons. The average Bonchev–Trinajstić information content (AvgIpc) is 2.71. The van der Waals surface area contributed by atoms with Crippen LogP contribution < -0.4 is 4.90 Å². The zero-order chi connectivity index (χ0) is 22.8. The van der Waals surface area contributed by atoms with Crippen molar-refractivity contribution in [3.8, 4) is 0 Å². The lowest BCUT2D eigenvalue weighted by atomic mass is 10.1. The van der Waals surface area contributed by atoms with Crippen molar-refractivity contribution in [1.29, 1.82) is 0 Å². The van der Waals surface area contributed by atoms with Crippen LogP contribution in [0, 0.1) is 0 Å². The molecule has 1 aliphatic rings. The van der Waals surface area contributed by atoms with Crippen molar-refractivity contribution in [2.45, 2.75) is 12.4 Å². The molecule has 0 N–H and O–H groups in total. The molecule has 1 fully saturated rings. The van der Waals surface area contributed by atoms with Gasteiger partial charge in [-0.25, -0.2) is 0 Å². The lowest BCUT2D eigenvalue weighted by Crippen LogP contribution is -2.48. The molecule has 0 aromatic heterocycles. The summed E-state index contributed by atoms with van der Waals surface area (Å²) >= 11 is 5.87. The Balaban J connectivity index is 1.63. The number of hydrogen-bond donors (Lipinski definition) is 0. The van der Waals surface area contributed by atoms with Crippen molar-refractivity contribution in [3.63, 3.8) is 0 Å². The first-order chi connectivity index (χ1) is 14.4. The van der Waals surface area contributed by atoms with Crippen LogP contribution in [0.15, 0.2) is 48.5 Å². The number of amides is 1. The van der Waals surface area contributed by atoms with Gasteiger partial charge in [0, 0.05) is 37.3 Å². The van der Waals surface area contributed by atoms with E-state index in [1.165, 1.54) is 46.2 Å². The van der Waals surface area contributed by atoms with E-state index in [-0.39, 0.29) is 42.8 Å². The molecule has 10 heteroatoms. The average molecular weight is 463 g/mol. The van der Waals surface area contributed by atoms with Crippen LogP contribution in [-0.2, 0) is 17.1 Å². The molecule has 0 saturated carbocycles. The molecular weight excluding hydrogens is 446 g/mol. The van der Waals surface area contributed by atoms with Crippen LogP contribution >= 0.6 is 11.6 Å². The molecule has 1 aliphatic heterocycles. The van der Waals surface area contributed by atoms with Gasteiger partial charge in [-0.1, -0.05) is 23.7 Å². The van der Waals surface area contributed by atoms with Crippen molar-refractivity contribution in [2.24, 2.45) is 0 Å². The fourth-order valence-electron chi connectivity index (χ4n) is 3.23. The maximum Gasteiger partial charge on any atom is 0.418 e. The highest BCUT2D eigenvalue weighted by Crippen LogP contribution is 2.38. The van der Waals surface area contributed by atoms with E-state index in [9.17, 15) is 31.1 Å². The first-order valence-electron chi connectivity index (χ1n) is 9.21. The highest BCUT2D eigenvalue weighted by molar-refractivity contribution is 6.30. The van der Waals surface area contributed by atoms with E-state index >= 15 is 0 Å². The van der Waals surface area contributed by atoms with Gasteiger partial charge < -0.3 is 9.80 Å². The summed E-state index contributed by atoms with van der Waals surface area (Å²) in [6.45, 7) is 0.757. The second kappa shape index (κ2) is 8.82. The van der Waals surface area contributed by atoms with Crippen LogP contribution in [0.1, 0.15) is 16.7 Å². The van der Waals surface area contributed by atoms with Crippen molar-refractivity contribution in [1.82, 2.24) is 4.90 Å². The molecule has 0 atom stereocenters. The van der Waals surface area contributed by atoms with Gasteiger partial charge in [-0.2, -0.15) is 26.3 Å².